The number of carbonyl (C=O) groups excluding carboxylic acids is 4. The number of hydrogen-bond donors (Lipinski definition) is 0. The van der Waals surface area contributed by atoms with Gasteiger partial charge in [0.2, 0.25) is 24.3 Å². The third-order valence-electron chi connectivity index (χ3n) is 4.02. The Balaban J connectivity index is 3.52. The van der Waals surface area contributed by atoms with Gasteiger partial charge in [-0.25, -0.2) is 29.2 Å². The van der Waals surface area contributed by atoms with Crippen LogP contribution in [0.5, 0.6) is 0 Å². The van der Waals surface area contributed by atoms with Crippen molar-refractivity contribution >= 4 is 24.3 Å². The Morgan fingerprint density at radius 2 is 1.50 bits per heavy atom. The molecule has 1 saturated carbocycles. The molecular formula is C14H16N4O4. The molecule has 0 aromatic heterocycles. The van der Waals surface area contributed by atoms with Crippen LogP contribution in [0.1, 0.15) is 33.6 Å². The molecule has 1 rings (SSSR count). The molecule has 22 heavy (non-hydrogen) atoms. The maximum absolute atomic E-state index is 10.8. The first-order valence-electron chi connectivity index (χ1n) is 6.58. The molecule has 8 nitrogen and oxygen atoms in total. The summed E-state index contributed by atoms with van der Waals surface area (Å²) in [5.74, 6) is 0. The Hall–Kier alpha value is -2.48. The monoisotopic (exact) mass is 304 g/mol. The zero-order chi connectivity index (χ0) is 16.9. The fraction of sp³-hybridized carbons (Fsp3) is 0.714. The van der Waals surface area contributed by atoms with E-state index in [2.05, 4.69) is 20.0 Å². The van der Waals surface area contributed by atoms with Crippen LogP contribution >= 0.6 is 0 Å². The fourth-order valence-electron chi connectivity index (χ4n) is 3.67. The number of isocyanates is 4. The molecule has 1 aliphatic carbocycles. The average molecular weight is 304 g/mol. The molecule has 0 N–H and O–H groups in total. The minimum Gasteiger partial charge on any atom is -0.211 e. The first kappa shape index (κ1) is 17.6. The van der Waals surface area contributed by atoms with E-state index in [-0.39, 0.29) is 19.4 Å². The van der Waals surface area contributed by atoms with E-state index >= 15 is 0 Å². The number of aliphatic imine (C=N–C) groups is 4. The molecule has 0 saturated heterocycles. The van der Waals surface area contributed by atoms with Crippen LogP contribution in [0.25, 0.3) is 0 Å². The van der Waals surface area contributed by atoms with Crippen LogP contribution < -0.4 is 0 Å². The van der Waals surface area contributed by atoms with Crippen LogP contribution in [0.15, 0.2) is 20.0 Å². The number of nitrogens with zero attached hydrogens (tertiary/aromatic N) is 4. The van der Waals surface area contributed by atoms with E-state index in [1.165, 1.54) is 24.3 Å². The van der Waals surface area contributed by atoms with Crippen molar-refractivity contribution in [2.75, 3.05) is 6.54 Å². The molecule has 0 spiro atoms. The maximum atomic E-state index is 10.8. The first-order valence-corrected chi connectivity index (χ1v) is 6.58. The van der Waals surface area contributed by atoms with Gasteiger partial charge in [-0.05, 0) is 5.41 Å². The van der Waals surface area contributed by atoms with Gasteiger partial charge in [-0.3, -0.25) is 0 Å². The average Bonchev–Trinajstić information content (AvgIpc) is 2.41. The third kappa shape index (κ3) is 3.40. The molecule has 0 aliphatic heterocycles. The highest BCUT2D eigenvalue weighted by Crippen LogP contribution is 2.53. The molecule has 0 amide bonds. The van der Waals surface area contributed by atoms with Crippen LogP contribution in [0.2, 0.25) is 0 Å². The largest absolute Gasteiger partial charge is 0.237 e. The van der Waals surface area contributed by atoms with Gasteiger partial charge in [0, 0.05) is 18.3 Å². The Kier molecular flexibility index (Phi) is 5.21. The lowest BCUT2D eigenvalue weighted by atomic mass is 9.57. The van der Waals surface area contributed by atoms with E-state index in [0.29, 0.717) is 0 Å². The Labute approximate surface area is 127 Å². The lowest BCUT2D eigenvalue weighted by Crippen LogP contribution is -2.55. The van der Waals surface area contributed by atoms with Crippen LogP contribution in [0.3, 0.4) is 0 Å². The second-order valence-electron chi connectivity index (χ2n) is 6.42. The van der Waals surface area contributed by atoms with Crippen molar-refractivity contribution in [2.24, 2.45) is 30.8 Å². The highest BCUT2D eigenvalue weighted by Gasteiger charge is 2.57. The van der Waals surface area contributed by atoms with E-state index in [1.807, 2.05) is 0 Å². The number of hydrogen-bond acceptors (Lipinski definition) is 8. The van der Waals surface area contributed by atoms with E-state index in [9.17, 15) is 19.2 Å². The van der Waals surface area contributed by atoms with Gasteiger partial charge >= 0.3 is 0 Å². The predicted octanol–water partition coefficient (Wildman–Crippen LogP) is 1.22. The molecule has 8 heteroatoms. The van der Waals surface area contributed by atoms with Crippen molar-refractivity contribution < 1.29 is 19.2 Å². The first-order chi connectivity index (χ1) is 10.3. The molecule has 1 aliphatic rings. The van der Waals surface area contributed by atoms with Gasteiger partial charge in [-0.1, -0.05) is 20.8 Å². The van der Waals surface area contributed by atoms with Gasteiger partial charge in [0.1, 0.15) is 0 Å². The van der Waals surface area contributed by atoms with Crippen LogP contribution in [-0.2, 0) is 19.2 Å². The molecule has 1 fully saturated rings. The zero-order valence-electron chi connectivity index (χ0n) is 12.6. The van der Waals surface area contributed by atoms with E-state index < -0.39 is 22.5 Å². The second-order valence-corrected chi connectivity index (χ2v) is 6.42. The highest BCUT2D eigenvalue weighted by atomic mass is 16.1. The minimum atomic E-state index is -1.35. The van der Waals surface area contributed by atoms with Gasteiger partial charge in [-0.15, -0.1) is 0 Å². The summed E-state index contributed by atoms with van der Waals surface area (Å²) in [5, 5.41) is 0. The van der Waals surface area contributed by atoms with Crippen molar-refractivity contribution in [3.8, 4) is 0 Å². The zero-order valence-corrected chi connectivity index (χ0v) is 12.6. The van der Waals surface area contributed by atoms with Gasteiger partial charge in [0.05, 0.1) is 12.6 Å². The summed E-state index contributed by atoms with van der Waals surface area (Å²) in [7, 11) is 0. The molecule has 0 radical (unpaired) electrons. The van der Waals surface area contributed by atoms with E-state index in [1.54, 1.807) is 20.8 Å². The SMILES string of the molecule is CC1(C)CC(N=C=O)(N=C=O)CC(C)(CN=C=O)C1N=C=O. The number of rotatable bonds is 5. The second kappa shape index (κ2) is 6.52. The molecule has 2 atom stereocenters. The van der Waals surface area contributed by atoms with Crippen LogP contribution in [0, 0.1) is 10.8 Å². The molecule has 0 aromatic rings. The van der Waals surface area contributed by atoms with Gasteiger partial charge in [-0.2, -0.15) is 9.98 Å². The Bertz CT molecular complexity index is 615. The molecule has 0 aromatic carbocycles. The lowest BCUT2D eigenvalue weighted by Gasteiger charge is -2.51. The Morgan fingerprint density at radius 1 is 0.909 bits per heavy atom. The maximum Gasteiger partial charge on any atom is 0.237 e. The van der Waals surface area contributed by atoms with Crippen LogP contribution in [-0.4, -0.2) is 42.6 Å². The highest BCUT2D eigenvalue weighted by molar-refractivity contribution is 5.41. The van der Waals surface area contributed by atoms with Crippen molar-refractivity contribution in [3.63, 3.8) is 0 Å². The topological polar surface area (TPSA) is 118 Å². The lowest BCUT2D eigenvalue weighted by molar-refractivity contribution is 0.0198. The summed E-state index contributed by atoms with van der Waals surface area (Å²) in [5.41, 5.74) is -2.84. The summed E-state index contributed by atoms with van der Waals surface area (Å²) < 4.78 is 0. The van der Waals surface area contributed by atoms with E-state index in [4.69, 9.17) is 0 Å². The van der Waals surface area contributed by atoms with E-state index in [0.717, 1.165) is 0 Å². The summed E-state index contributed by atoms with van der Waals surface area (Å²) in [6, 6.07) is -0.536. The molecule has 2 unspecified atom stereocenters. The summed E-state index contributed by atoms with van der Waals surface area (Å²) >= 11 is 0. The molecule has 0 heterocycles. The fourth-order valence-corrected chi connectivity index (χ4v) is 3.67. The van der Waals surface area contributed by atoms with Gasteiger partial charge in [0.15, 0.2) is 5.66 Å². The minimum absolute atomic E-state index is 0.000279. The van der Waals surface area contributed by atoms with Crippen molar-refractivity contribution in [1.29, 1.82) is 0 Å². The summed E-state index contributed by atoms with van der Waals surface area (Å²) in [6.45, 7) is 5.34. The van der Waals surface area contributed by atoms with Crippen molar-refractivity contribution in [3.05, 3.63) is 0 Å². The predicted molar refractivity (Wildman–Crippen MR) is 75.0 cm³/mol. The third-order valence-corrected chi connectivity index (χ3v) is 4.02. The normalized spacial score (nSPS) is 32.4. The smallest absolute Gasteiger partial charge is 0.211 e. The van der Waals surface area contributed by atoms with Crippen LogP contribution in [0.4, 0.5) is 0 Å². The van der Waals surface area contributed by atoms with Gasteiger partial charge in [0.25, 0.3) is 0 Å². The molecular weight excluding hydrogens is 288 g/mol. The standard InChI is InChI=1S/C14H16N4O4/c1-12(2)4-14(17-9-21,18-10-22)5-13(3,6-15-7-19)11(12)16-8-20/h11H,4-6H2,1-3H3. The van der Waals surface area contributed by atoms with Crippen molar-refractivity contribution in [1.82, 2.24) is 0 Å². The van der Waals surface area contributed by atoms with Crippen molar-refractivity contribution in [2.45, 2.75) is 45.3 Å². The Morgan fingerprint density at radius 3 is 1.95 bits per heavy atom. The quantitative estimate of drug-likeness (QED) is 0.560. The molecule has 116 valence electrons. The molecule has 0 bridgehead atoms. The summed E-state index contributed by atoms with van der Waals surface area (Å²) in [4.78, 5) is 57.5. The van der Waals surface area contributed by atoms with Gasteiger partial charge < -0.3 is 0 Å². The summed E-state index contributed by atoms with van der Waals surface area (Å²) in [6.07, 6.45) is 6.12.